The van der Waals surface area contributed by atoms with Crippen molar-refractivity contribution in [3.63, 3.8) is 0 Å². The van der Waals surface area contributed by atoms with Crippen LogP contribution in [0.2, 0.25) is 5.15 Å². The predicted octanol–water partition coefficient (Wildman–Crippen LogP) is 2.77. The van der Waals surface area contributed by atoms with Gasteiger partial charge in [-0.1, -0.05) is 35.9 Å². The smallest absolute Gasteiger partial charge is 0.410 e. The molecule has 1 N–H and O–H groups in total. The van der Waals surface area contributed by atoms with Gasteiger partial charge < -0.3 is 4.74 Å². The Morgan fingerprint density at radius 3 is 2.62 bits per heavy atom. The minimum atomic E-state index is -4.27. The second-order valence-electron chi connectivity index (χ2n) is 4.90. The van der Waals surface area contributed by atoms with Crippen LogP contribution in [0.1, 0.15) is 5.56 Å². The van der Waals surface area contributed by atoms with E-state index in [9.17, 15) is 13.2 Å². The van der Waals surface area contributed by atoms with Crippen LogP contribution in [0, 0.1) is 6.92 Å². The summed E-state index contributed by atoms with van der Waals surface area (Å²) in [5, 5.41) is -0.558. The highest BCUT2D eigenvalue weighted by Crippen LogP contribution is 2.24. The van der Waals surface area contributed by atoms with Crippen molar-refractivity contribution in [2.45, 2.75) is 11.9 Å². The maximum Gasteiger partial charge on any atom is 0.426 e. The number of aromatic nitrogens is 2. The number of imidazole rings is 1. The maximum atomic E-state index is 12.5. The topological polar surface area (TPSA) is 89.8 Å². The Hall–Kier alpha value is -2.58. The second-order valence-corrected chi connectivity index (χ2v) is 6.86. The molecule has 0 spiro atoms. The van der Waals surface area contributed by atoms with E-state index in [1.54, 1.807) is 37.3 Å². The lowest BCUT2D eigenvalue weighted by atomic mass is 10.3. The average molecular weight is 366 g/mol. The number of rotatable bonds is 3. The van der Waals surface area contributed by atoms with Crippen LogP contribution >= 0.6 is 11.6 Å². The zero-order chi connectivity index (χ0) is 17.3. The van der Waals surface area contributed by atoms with Gasteiger partial charge in [0.25, 0.3) is 10.0 Å². The number of aryl methyl sites for hydroxylation is 1. The number of amides is 1. The Labute approximate surface area is 142 Å². The monoisotopic (exact) mass is 365 g/mol. The predicted molar refractivity (Wildman–Crippen MR) is 87.7 cm³/mol. The number of fused-ring (bicyclic) bond motifs is 1. The van der Waals surface area contributed by atoms with Crippen molar-refractivity contribution in [3.05, 3.63) is 59.4 Å². The highest BCUT2D eigenvalue weighted by Gasteiger charge is 2.27. The molecule has 0 aliphatic heterocycles. The molecule has 1 aromatic carbocycles. The van der Waals surface area contributed by atoms with E-state index < -0.39 is 16.1 Å². The van der Waals surface area contributed by atoms with E-state index in [0.29, 0.717) is 5.65 Å². The molecule has 0 aliphatic carbocycles. The molecule has 7 nitrogen and oxygen atoms in total. The van der Waals surface area contributed by atoms with Crippen LogP contribution in [0.4, 0.5) is 4.79 Å². The number of hydrogen-bond donors (Lipinski definition) is 1. The standard InChI is InChI=1S/C15H12ClN3O4S/c1-10-6-5-9-19-13(10)17-12(16)14(19)24(21,22)18-15(20)23-11-7-3-2-4-8-11/h2-9H,1H3,(H,18,20). The van der Waals surface area contributed by atoms with Gasteiger partial charge in [0.15, 0.2) is 10.2 Å². The van der Waals surface area contributed by atoms with E-state index in [0.717, 1.165) is 5.56 Å². The van der Waals surface area contributed by atoms with Crippen LogP contribution in [-0.2, 0) is 10.0 Å². The molecule has 0 atom stereocenters. The van der Waals surface area contributed by atoms with Gasteiger partial charge in [-0.25, -0.2) is 14.5 Å². The van der Waals surface area contributed by atoms with E-state index in [2.05, 4.69) is 4.98 Å². The first-order valence-corrected chi connectivity index (χ1v) is 8.67. The highest BCUT2D eigenvalue weighted by atomic mass is 35.5. The summed E-state index contributed by atoms with van der Waals surface area (Å²) in [5.41, 5.74) is 1.13. The zero-order valence-electron chi connectivity index (χ0n) is 12.4. The molecule has 2 heterocycles. The van der Waals surface area contributed by atoms with Gasteiger partial charge in [0, 0.05) is 6.20 Å². The van der Waals surface area contributed by atoms with Gasteiger partial charge in [-0.2, -0.15) is 8.42 Å². The van der Waals surface area contributed by atoms with E-state index >= 15 is 0 Å². The van der Waals surface area contributed by atoms with Gasteiger partial charge >= 0.3 is 6.09 Å². The van der Waals surface area contributed by atoms with Crippen molar-refractivity contribution in [2.75, 3.05) is 0 Å². The molecule has 24 heavy (non-hydrogen) atoms. The first kappa shape index (κ1) is 16.3. The van der Waals surface area contributed by atoms with Crippen LogP contribution in [-0.4, -0.2) is 23.9 Å². The number of pyridine rings is 1. The lowest BCUT2D eigenvalue weighted by Gasteiger charge is -2.08. The Morgan fingerprint density at radius 1 is 1.21 bits per heavy atom. The third-order valence-corrected chi connectivity index (χ3v) is 4.90. The van der Waals surface area contributed by atoms with Gasteiger partial charge in [-0.3, -0.25) is 4.40 Å². The number of sulfonamides is 1. The minimum absolute atomic E-state index is 0.213. The normalized spacial score (nSPS) is 11.4. The minimum Gasteiger partial charge on any atom is -0.410 e. The molecule has 3 aromatic rings. The van der Waals surface area contributed by atoms with E-state index in [-0.39, 0.29) is 15.9 Å². The summed E-state index contributed by atoms with van der Waals surface area (Å²) in [5.74, 6) is 0.213. The van der Waals surface area contributed by atoms with Crippen molar-refractivity contribution >= 4 is 33.4 Å². The number of hydrogen-bond acceptors (Lipinski definition) is 5. The number of nitrogens with one attached hydrogen (secondary N) is 1. The van der Waals surface area contributed by atoms with Crippen LogP contribution in [0.25, 0.3) is 5.65 Å². The molecule has 124 valence electrons. The summed E-state index contributed by atoms with van der Waals surface area (Å²) in [6.45, 7) is 1.77. The Bertz CT molecular complexity index is 1020. The number of benzene rings is 1. The molecule has 3 rings (SSSR count). The van der Waals surface area contributed by atoms with Crippen LogP contribution < -0.4 is 9.46 Å². The fourth-order valence-corrected chi connectivity index (χ4v) is 3.68. The van der Waals surface area contributed by atoms with Gasteiger partial charge in [-0.15, -0.1) is 0 Å². The first-order chi connectivity index (χ1) is 11.4. The number of nitrogens with zero attached hydrogens (tertiary/aromatic N) is 2. The zero-order valence-corrected chi connectivity index (χ0v) is 14.0. The van der Waals surface area contributed by atoms with Gasteiger partial charge in [-0.05, 0) is 30.7 Å². The Balaban J connectivity index is 1.93. The fourth-order valence-electron chi connectivity index (χ4n) is 2.17. The third-order valence-electron chi connectivity index (χ3n) is 3.19. The van der Waals surface area contributed by atoms with Gasteiger partial charge in [0.1, 0.15) is 11.4 Å². The summed E-state index contributed by atoms with van der Waals surface area (Å²) in [6, 6.07) is 11.5. The van der Waals surface area contributed by atoms with Gasteiger partial charge in [0.2, 0.25) is 0 Å². The van der Waals surface area contributed by atoms with Crippen LogP contribution in [0.15, 0.2) is 53.7 Å². The number of ether oxygens (including phenoxy) is 1. The quantitative estimate of drug-likeness (QED) is 0.770. The largest absolute Gasteiger partial charge is 0.426 e. The van der Waals surface area contributed by atoms with Crippen molar-refractivity contribution in [1.82, 2.24) is 14.1 Å². The molecule has 0 saturated heterocycles. The van der Waals surface area contributed by atoms with Crippen molar-refractivity contribution in [3.8, 4) is 5.75 Å². The Kier molecular flexibility index (Phi) is 4.16. The molecule has 0 radical (unpaired) electrons. The van der Waals surface area contributed by atoms with E-state index in [1.807, 2.05) is 4.72 Å². The van der Waals surface area contributed by atoms with E-state index in [4.69, 9.17) is 16.3 Å². The summed E-state index contributed by atoms with van der Waals surface area (Å²) < 4.78 is 33.0. The number of carbonyl (C=O) groups is 1. The molecule has 0 fully saturated rings. The number of para-hydroxylation sites is 1. The van der Waals surface area contributed by atoms with Crippen molar-refractivity contribution in [2.24, 2.45) is 0 Å². The third kappa shape index (κ3) is 3.06. The summed E-state index contributed by atoms with van der Waals surface area (Å²) in [4.78, 5) is 15.9. The molecule has 0 saturated carbocycles. The summed E-state index contributed by atoms with van der Waals surface area (Å²) >= 11 is 5.96. The number of halogens is 1. The lowest BCUT2D eigenvalue weighted by Crippen LogP contribution is -2.33. The second kappa shape index (κ2) is 6.14. The van der Waals surface area contributed by atoms with E-state index in [1.165, 1.54) is 22.7 Å². The summed E-state index contributed by atoms with van der Waals surface area (Å²) in [7, 11) is -4.27. The van der Waals surface area contributed by atoms with Crippen LogP contribution in [0.3, 0.4) is 0 Å². The molecule has 0 aliphatic rings. The Morgan fingerprint density at radius 2 is 1.92 bits per heavy atom. The molecular formula is C15H12ClN3O4S. The molecule has 0 unspecified atom stereocenters. The van der Waals surface area contributed by atoms with Crippen molar-refractivity contribution in [1.29, 1.82) is 0 Å². The fraction of sp³-hybridized carbons (Fsp3) is 0.0667. The lowest BCUT2D eigenvalue weighted by molar-refractivity contribution is 0.207. The molecule has 2 aromatic heterocycles. The molecular weight excluding hydrogens is 354 g/mol. The first-order valence-electron chi connectivity index (χ1n) is 6.81. The average Bonchev–Trinajstić information content (AvgIpc) is 2.86. The SMILES string of the molecule is Cc1cccn2c(S(=O)(=O)NC(=O)Oc3ccccc3)c(Cl)nc12. The van der Waals surface area contributed by atoms with Gasteiger partial charge in [0.05, 0.1) is 0 Å². The van der Waals surface area contributed by atoms with Crippen molar-refractivity contribution < 1.29 is 17.9 Å². The summed E-state index contributed by atoms with van der Waals surface area (Å²) in [6.07, 6.45) is 0.359. The highest BCUT2D eigenvalue weighted by molar-refractivity contribution is 7.90. The van der Waals surface area contributed by atoms with Crippen LogP contribution in [0.5, 0.6) is 5.75 Å². The molecule has 9 heteroatoms. The molecule has 0 bridgehead atoms. The maximum absolute atomic E-state index is 12.5. The number of carbonyl (C=O) groups excluding carboxylic acids is 1. The molecule has 1 amide bonds.